The van der Waals surface area contributed by atoms with E-state index in [1.54, 1.807) is 13.8 Å². The van der Waals surface area contributed by atoms with Crippen LogP contribution < -0.4 is 14.8 Å². The summed E-state index contributed by atoms with van der Waals surface area (Å²) >= 11 is 1.35. The molecule has 3 rings (SSSR count). The molecule has 0 unspecified atom stereocenters. The van der Waals surface area contributed by atoms with Crippen LogP contribution in [0.2, 0.25) is 0 Å². The van der Waals surface area contributed by atoms with E-state index < -0.39 is 4.92 Å². The Bertz CT molecular complexity index is 1140. The van der Waals surface area contributed by atoms with Crippen molar-refractivity contribution in [2.45, 2.75) is 32.2 Å². The van der Waals surface area contributed by atoms with Gasteiger partial charge in [0.25, 0.3) is 0 Å². The first-order valence-electron chi connectivity index (χ1n) is 10.4. The number of nitrogens with zero attached hydrogens (tertiary/aromatic N) is 2. The summed E-state index contributed by atoms with van der Waals surface area (Å²) in [6.45, 7) is 6.10. The molecular weight excluding hydrogens is 430 g/mol. The fourth-order valence-electron chi connectivity index (χ4n) is 3.18. The molecule has 168 valence electrons. The second kappa shape index (κ2) is 10.8. The van der Waals surface area contributed by atoms with Gasteiger partial charge >= 0.3 is 5.69 Å². The number of benzene rings is 2. The molecule has 0 radical (unpaired) electrons. The summed E-state index contributed by atoms with van der Waals surface area (Å²) in [4.78, 5) is 28.2. The Morgan fingerprint density at radius 1 is 1.09 bits per heavy atom. The van der Waals surface area contributed by atoms with E-state index in [9.17, 15) is 14.9 Å². The predicted octanol–water partition coefficient (Wildman–Crippen LogP) is 5.23. The minimum Gasteiger partial charge on any atom is -0.491 e. The maximum atomic E-state index is 12.7. The van der Waals surface area contributed by atoms with Crippen LogP contribution in [0.25, 0.3) is 10.9 Å². The Kier molecular flexibility index (Phi) is 7.88. The minimum absolute atomic E-state index is 0.0772. The molecule has 1 heterocycles. The summed E-state index contributed by atoms with van der Waals surface area (Å²) in [5.74, 6) is 0.155. The molecular formula is C23H25N3O5S. The molecule has 0 spiro atoms. The lowest BCUT2D eigenvalue weighted by atomic mass is 10.1. The van der Waals surface area contributed by atoms with Crippen LogP contribution in [0.1, 0.15) is 26.3 Å². The minimum atomic E-state index is -0.535. The van der Waals surface area contributed by atoms with E-state index >= 15 is 0 Å². The van der Waals surface area contributed by atoms with Gasteiger partial charge in [0, 0.05) is 11.5 Å². The quantitative estimate of drug-likeness (QED) is 0.253. The topological polar surface area (TPSA) is 104 Å². The van der Waals surface area contributed by atoms with Crippen LogP contribution >= 0.6 is 11.8 Å². The fourth-order valence-corrected chi connectivity index (χ4v) is 4.07. The zero-order valence-corrected chi connectivity index (χ0v) is 19.0. The number of pyridine rings is 1. The number of nitro groups is 1. The van der Waals surface area contributed by atoms with Crippen LogP contribution in [-0.4, -0.2) is 34.8 Å². The highest BCUT2D eigenvalue weighted by atomic mass is 32.2. The summed E-state index contributed by atoms with van der Waals surface area (Å²) in [7, 11) is 0. The van der Waals surface area contributed by atoms with Gasteiger partial charge in [0.15, 0.2) is 5.75 Å². The first-order chi connectivity index (χ1) is 15.5. The number of rotatable bonds is 10. The van der Waals surface area contributed by atoms with Gasteiger partial charge in [0.1, 0.15) is 10.8 Å². The number of carbonyl (C=O) groups is 1. The molecule has 0 aliphatic rings. The number of hydrogen-bond donors (Lipinski definition) is 1. The van der Waals surface area contributed by atoms with E-state index in [1.165, 1.54) is 23.9 Å². The molecule has 0 fully saturated rings. The third-order valence-corrected chi connectivity index (χ3v) is 5.65. The molecule has 1 amide bonds. The van der Waals surface area contributed by atoms with Crippen molar-refractivity contribution in [3.8, 4) is 11.5 Å². The van der Waals surface area contributed by atoms with Crippen molar-refractivity contribution in [2.24, 2.45) is 0 Å². The Hall–Kier alpha value is -3.33. The number of para-hydroxylation sites is 1. The Labute approximate surface area is 190 Å². The standard InChI is InChI=1S/C23H25N3O5S/c1-4-15-11-16-9-7-8-10-17(16)25-23(15)32-14-22(27)24-18-12-21(31-6-3)19(26(28)29)13-20(18)30-5-2/h7-13H,4-6,14H2,1-3H3,(H,24,27). The zero-order valence-electron chi connectivity index (χ0n) is 18.2. The average molecular weight is 456 g/mol. The summed E-state index contributed by atoms with van der Waals surface area (Å²) in [6.07, 6.45) is 0.802. The molecule has 1 N–H and O–H groups in total. The normalized spacial score (nSPS) is 10.7. The van der Waals surface area contributed by atoms with Crippen LogP contribution in [-0.2, 0) is 11.2 Å². The van der Waals surface area contributed by atoms with Gasteiger partial charge in [-0.25, -0.2) is 4.98 Å². The first-order valence-corrected chi connectivity index (χ1v) is 11.3. The van der Waals surface area contributed by atoms with E-state index in [0.29, 0.717) is 12.3 Å². The smallest absolute Gasteiger partial charge is 0.314 e. The number of thioether (sulfide) groups is 1. The lowest BCUT2D eigenvalue weighted by Gasteiger charge is -2.14. The largest absolute Gasteiger partial charge is 0.491 e. The molecule has 32 heavy (non-hydrogen) atoms. The van der Waals surface area contributed by atoms with Crippen LogP contribution in [0.15, 0.2) is 47.5 Å². The highest BCUT2D eigenvalue weighted by molar-refractivity contribution is 8.00. The Morgan fingerprint density at radius 3 is 2.50 bits per heavy atom. The zero-order chi connectivity index (χ0) is 23.1. The van der Waals surface area contributed by atoms with Crippen molar-refractivity contribution in [2.75, 3.05) is 24.3 Å². The number of aromatic nitrogens is 1. The van der Waals surface area contributed by atoms with E-state index in [0.717, 1.165) is 27.9 Å². The molecule has 0 saturated heterocycles. The summed E-state index contributed by atoms with van der Waals surface area (Å²) in [5.41, 5.74) is 2.07. The molecule has 9 heteroatoms. The van der Waals surface area contributed by atoms with Gasteiger partial charge in [-0.15, -0.1) is 0 Å². The molecule has 1 aromatic heterocycles. The summed E-state index contributed by atoms with van der Waals surface area (Å²) in [5, 5.41) is 16.0. The highest BCUT2D eigenvalue weighted by Crippen LogP contribution is 2.38. The number of anilines is 1. The van der Waals surface area contributed by atoms with E-state index in [-0.39, 0.29) is 35.5 Å². The molecule has 0 atom stereocenters. The third-order valence-electron chi connectivity index (χ3n) is 4.62. The van der Waals surface area contributed by atoms with Gasteiger partial charge in [0.2, 0.25) is 5.91 Å². The molecule has 0 aliphatic heterocycles. The summed E-state index contributed by atoms with van der Waals surface area (Å²) < 4.78 is 10.9. The second-order valence-corrected chi connectivity index (χ2v) is 7.74. The van der Waals surface area contributed by atoms with Gasteiger partial charge in [-0.1, -0.05) is 36.9 Å². The SMILES string of the molecule is CCOc1cc([N+](=O)[O-])c(OCC)cc1NC(=O)CSc1nc2ccccc2cc1CC. The fraction of sp³-hybridized carbons (Fsp3) is 0.304. The number of fused-ring (bicyclic) bond motifs is 1. The van der Waals surface area contributed by atoms with Crippen LogP contribution in [0.3, 0.4) is 0 Å². The second-order valence-electron chi connectivity index (χ2n) is 6.77. The lowest BCUT2D eigenvalue weighted by Crippen LogP contribution is -2.16. The van der Waals surface area contributed by atoms with Gasteiger partial charge in [0.05, 0.1) is 41.2 Å². The van der Waals surface area contributed by atoms with Crippen LogP contribution in [0, 0.1) is 10.1 Å². The van der Waals surface area contributed by atoms with Gasteiger partial charge < -0.3 is 14.8 Å². The maximum absolute atomic E-state index is 12.7. The number of aryl methyl sites for hydroxylation is 1. The monoisotopic (exact) mass is 455 g/mol. The average Bonchev–Trinajstić information content (AvgIpc) is 2.78. The van der Waals surface area contributed by atoms with Gasteiger partial charge in [-0.2, -0.15) is 0 Å². The molecule has 2 aromatic carbocycles. The van der Waals surface area contributed by atoms with E-state index in [4.69, 9.17) is 14.5 Å². The Balaban J connectivity index is 1.80. The summed E-state index contributed by atoms with van der Waals surface area (Å²) in [6, 6.07) is 12.7. The van der Waals surface area contributed by atoms with E-state index in [2.05, 4.69) is 18.3 Å². The van der Waals surface area contributed by atoms with Crippen LogP contribution in [0.5, 0.6) is 11.5 Å². The number of nitrogens with one attached hydrogen (secondary N) is 1. The number of carbonyl (C=O) groups excluding carboxylic acids is 1. The lowest BCUT2D eigenvalue weighted by molar-refractivity contribution is -0.385. The first kappa shape index (κ1) is 23.3. The molecule has 8 nitrogen and oxygen atoms in total. The van der Waals surface area contributed by atoms with Crippen molar-refractivity contribution >= 4 is 39.9 Å². The van der Waals surface area contributed by atoms with Crippen molar-refractivity contribution in [3.05, 3.63) is 58.1 Å². The maximum Gasteiger partial charge on any atom is 0.314 e. The van der Waals surface area contributed by atoms with Crippen LogP contribution in [0.4, 0.5) is 11.4 Å². The number of amides is 1. The van der Waals surface area contributed by atoms with Crippen molar-refractivity contribution in [3.63, 3.8) is 0 Å². The van der Waals surface area contributed by atoms with Gasteiger partial charge in [-0.05, 0) is 38.0 Å². The predicted molar refractivity (Wildman–Crippen MR) is 126 cm³/mol. The molecule has 0 aliphatic carbocycles. The van der Waals surface area contributed by atoms with Gasteiger partial charge in [-0.3, -0.25) is 14.9 Å². The number of nitro benzene ring substituents is 1. The number of ether oxygens (including phenoxy) is 2. The Morgan fingerprint density at radius 2 is 1.81 bits per heavy atom. The third kappa shape index (κ3) is 5.47. The highest BCUT2D eigenvalue weighted by Gasteiger charge is 2.21. The molecule has 0 bridgehead atoms. The molecule has 3 aromatic rings. The molecule has 0 saturated carbocycles. The van der Waals surface area contributed by atoms with Crippen molar-refractivity contribution < 1.29 is 19.2 Å². The van der Waals surface area contributed by atoms with E-state index in [1.807, 2.05) is 24.3 Å². The number of hydrogen-bond acceptors (Lipinski definition) is 7. The van der Waals surface area contributed by atoms with Crippen molar-refractivity contribution in [1.82, 2.24) is 4.98 Å². The van der Waals surface area contributed by atoms with Crippen molar-refractivity contribution in [1.29, 1.82) is 0 Å².